The number of pyridine rings is 1. The van der Waals surface area contributed by atoms with Gasteiger partial charge in [0.15, 0.2) is 0 Å². The molecule has 2 N–H and O–H groups in total. The van der Waals surface area contributed by atoms with Crippen LogP contribution in [0, 0.1) is 13.8 Å². The van der Waals surface area contributed by atoms with E-state index in [0.29, 0.717) is 5.46 Å². The third-order valence-electron chi connectivity index (χ3n) is 2.44. The van der Waals surface area contributed by atoms with E-state index in [0.717, 1.165) is 22.2 Å². The predicted octanol–water partition coefficient (Wildman–Crippen LogP) is 0.531. The van der Waals surface area contributed by atoms with Crippen LogP contribution in [0.15, 0.2) is 24.3 Å². The lowest BCUT2D eigenvalue weighted by Gasteiger charge is -2.06. The summed E-state index contributed by atoms with van der Waals surface area (Å²) >= 11 is 0. The van der Waals surface area contributed by atoms with Crippen molar-refractivity contribution >= 4 is 23.5 Å². The first-order chi connectivity index (χ1) is 7.08. The number of hydrogen-bond acceptors (Lipinski definition) is 3. The van der Waals surface area contributed by atoms with Crippen LogP contribution in [0.5, 0.6) is 0 Å². The molecule has 0 saturated carbocycles. The smallest absolute Gasteiger partial charge is 0.423 e. The monoisotopic (exact) mass is 201 g/mol. The minimum atomic E-state index is -1.42. The van der Waals surface area contributed by atoms with Crippen molar-refractivity contribution in [2.24, 2.45) is 0 Å². The summed E-state index contributed by atoms with van der Waals surface area (Å²) < 4.78 is 0. The van der Waals surface area contributed by atoms with Gasteiger partial charge in [0.1, 0.15) is 0 Å². The van der Waals surface area contributed by atoms with Crippen molar-refractivity contribution in [1.29, 1.82) is 0 Å². The average Bonchev–Trinajstić information content (AvgIpc) is 2.18. The third-order valence-corrected chi connectivity index (χ3v) is 2.44. The van der Waals surface area contributed by atoms with Crippen LogP contribution in [0.25, 0.3) is 10.9 Å². The number of hydrogen-bond donors (Lipinski definition) is 2. The summed E-state index contributed by atoms with van der Waals surface area (Å²) in [5, 5.41) is 19.1. The third kappa shape index (κ3) is 1.86. The number of aromatic nitrogens is 1. The summed E-state index contributed by atoms with van der Waals surface area (Å²) in [7, 11) is -1.42. The number of rotatable bonds is 1. The molecule has 15 heavy (non-hydrogen) atoms. The van der Waals surface area contributed by atoms with Gasteiger partial charge >= 0.3 is 7.12 Å². The topological polar surface area (TPSA) is 53.4 Å². The summed E-state index contributed by atoms with van der Waals surface area (Å²) in [4.78, 5) is 4.41. The molecular weight excluding hydrogens is 189 g/mol. The molecule has 0 spiro atoms. The quantitative estimate of drug-likeness (QED) is 0.661. The Morgan fingerprint density at radius 2 is 1.87 bits per heavy atom. The Morgan fingerprint density at radius 1 is 1.13 bits per heavy atom. The van der Waals surface area contributed by atoms with Gasteiger partial charge in [-0.1, -0.05) is 18.2 Å². The molecule has 0 aliphatic heterocycles. The van der Waals surface area contributed by atoms with E-state index in [1.54, 1.807) is 12.1 Å². The molecule has 0 aliphatic carbocycles. The molecule has 1 aromatic heterocycles. The summed E-state index contributed by atoms with van der Waals surface area (Å²) in [6.07, 6.45) is 0. The standard InChI is InChI=1S/C11H12BNO2/c1-7-5-10(12(14)15)6-9-4-3-8(2)13-11(7)9/h3-6,14-15H,1-2H3. The first-order valence-corrected chi connectivity index (χ1v) is 4.82. The molecule has 3 nitrogen and oxygen atoms in total. The van der Waals surface area contributed by atoms with Gasteiger partial charge in [0.2, 0.25) is 0 Å². The first-order valence-electron chi connectivity index (χ1n) is 4.82. The normalized spacial score (nSPS) is 10.7. The minimum Gasteiger partial charge on any atom is -0.423 e. The Bertz CT molecular complexity index is 511. The van der Waals surface area contributed by atoms with Crippen LogP contribution in [0.3, 0.4) is 0 Å². The van der Waals surface area contributed by atoms with Crippen molar-refractivity contribution in [2.75, 3.05) is 0 Å². The molecule has 2 aromatic rings. The maximum Gasteiger partial charge on any atom is 0.488 e. The lowest BCUT2D eigenvalue weighted by Crippen LogP contribution is -2.29. The fourth-order valence-electron chi connectivity index (χ4n) is 1.69. The second kappa shape index (κ2) is 3.64. The number of nitrogens with zero attached hydrogens (tertiary/aromatic N) is 1. The van der Waals surface area contributed by atoms with Gasteiger partial charge in [-0.25, -0.2) is 0 Å². The van der Waals surface area contributed by atoms with Gasteiger partial charge in [0.25, 0.3) is 0 Å². The van der Waals surface area contributed by atoms with Crippen LogP contribution in [0.1, 0.15) is 11.3 Å². The summed E-state index contributed by atoms with van der Waals surface area (Å²) in [5.41, 5.74) is 3.34. The minimum absolute atomic E-state index is 0.505. The fraction of sp³-hybridized carbons (Fsp3) is 0.182. The van der Waals surface area contributed by atoms with Crippen molar-refractivity contribution < 1.29 is 10.0 Å². The van der Waals surface area contributed by atoms with Crippen LogP contribution in [0.4, 0.5) is 0 Å². The Hall–Kier alpha value is -1.39. The highest BCUT2D eigenvalue weighted by molar-refractivity contribution is 6.59. The summed E-state index contributed by atoms with van der Waals surface area (Å²) in [5.74, 6) is 0. The number of fused-ring (bicyclic) bond motifs is 1. The van der Waals surface area contributed by atoms with Crippen molar-refractivity contribution in [3.63, 3.8) is 0 Å². The molecule has 0 fully saturated rings. The zero-order chi connectivity index (χ0) is 11.0. The highest BCUT2D eigenvalue weighted by Crippen LogP contribution is 2.15. The summed E-state index contributed by atoms with van der Waals surface area (Å²) in [6, 6.07) is 7.35. The van der Waals surface area contributed by atoms with Gasteiger partial charge in [-0.2, -0.15) is 0 Å². The summed E-state index contributed by atoms with van der Waals surface area (Å²) in [6.45, 7) is 3.86. The van der Waals surface area contributed by atoms with Crippen LogP contribution in [-0.4, -0.2) is 22.2 Å². The van der Waals surface area contributed by atoms with E-state index in [2.05, 4.69) is 4.98 Å². The average molecular weight is 201 g/mol. The van der Waals surface area contributed by atoms with Gasteiger partial charge in [-0.05, 0) is 30.9 Å². The van der Waals surface area contributed by atoms with Crippen molar-refractivity contribution in [3.8, 4) is 0 Å². The van der Waals surface area contributed by atoms with Gasteiger partial charge < -0.3 is 10.0 Å². The molecule has 76 valence electrons. The molecule has 1 heterocycles. The molecule has 4 heteroatoms. The Kier molecular flexibility index (Phi) is 2.46. The Labute approximate surface area is 88.5 Å². The molecular formula is C11H12BNO2. The molecule has 0 saturated heterocycles. The highest BCUT2D eigenvalue weighted by atomic mass is 16.4. The maximum atomic E-state index is 9.10. The van der Waals surface area contributed by atoms with Gasteiger partial charge in [0.05, 0.1) is 5.52 Å². The predicted molar refractivity (Wildman–Crippen MR) is 61.0 cm³/mol. The van der Waals surface area contributed by atoms with Gasteiger partial charge in [0, 0.05) is 11.1 Å². The second-order valence-corrected chi connectivity index (χ2v) is 3.74. The maximum absolute atomic E-state index is 9.10. The van der Waals surface area contributed by atoms with E-state index in [1.807, 2.05) is 26.0 Å². The molecule has 0 amide bonds. The van der Waals surface area contributed by atoms with E-state index in [-0.39, 0.29) is 0 Å². The SMILES string of the molecule is Cc1ccc2cc(B(O)O)cc(C)c2n1. The number of aryl methyl sites for hydroxylation is 2. The molecule has 0 radical (unpaired) electrons. The molecule has 0 aliphatic rings. The lowest BCUT2D eigenvalue weighted by molar-refractivity contribution is 0.426. The van der Waals surface area contributed by atoms with Crippen LogP contribution < -0.4 is 5.46 Å². The lowest BCUT2D eigenvalue weighted by atomic mass is 9.79. The Morgan fingerprint density at radius 3 is 2.53 bits per heavy atom. The van der Waals surface area contributed by atoms with E-state index >= 15 is 0 Å². The van der Waals surface area contributed by atoms with Crippen molar-refractivity contribution in [2.45, 2.75) is 13.8 Å². The van der Waals surface area contributed by atoms with Crippen molar-refractivity contribution in [1.82, 2.24) is 4.98 Å². The zero-order valence-corrected chi connectivity index (χ0v) is 8.73. The number of benzene rings is 1. The zero-order valence-electron chi connectivity index (χ0n) is 8.73. The van der Waals surface area contributed by atoms with Crippen LogP contribution >= 0.6 is 0 Å². The molecule has 0 bridgehead atoms. The van der Waals surface area contributed by atoms with E-state index < -0.39 is 7.12 Å². The van der Waals surface area contributed by atoms with E-state index in [4.69, 9.17) is 10.0 Å². The van der Waals surface area contributed by atoms with E-state index in [1.165, 1.54) is 0 Å². The van der Waals surface area contributed by atoms with Crippen LogP contribution in [0.2, 0.25) is 0 Å². The fourth-order valence-corrected chi connectivity index (χ4v) is 1.69. The van der Waals surface area contributed by atoms with Gasteiger partial charge in [-0.15, -0.1) is 0 Å². The molecule has 1 aromatic carbocycles. The van der Waals surface area contributed by atoms with Crippen LogP contribution in [-0.2, 0) is 0 Å². The van der Waals surface area contributed by atoms with Crippen molar-refractivity contribution in [3.05, 3.63) is 35.5 Å². The van der Waals surface area contributed by atoms with E-state index in [9.17, 15) is 0 Å². The largest absolute Gasteiger partial charge is 0.488 e. The molecule has 0 atom stereocenters. The Balaban J connectivity index is 2.73. The van der Waals surface area contributed by atoms with Gasteiger partial charge in [-0.3, -0.25) is 4.98 Å². The first kappa shape index (κ1) is 10.1. The molecule has 0 unspecified atom stereocenters. The highest BCUT2D eigenvalue weighted by Gasteiger charge is 2.12. The molecule has 2 rings (SSSR count). The second-order valence-electron chi connectivity index (χ2n) is 3.74.